The number of nitrogens with one attached hydrogen (secondary N) is 1. The van der Waals surface area contributed by atoms with Crippen LogP contribution in [0.2, 0.25) is 18.1 Å². The summed E-state index contributed by atoms with van der Waals surface area (Å²) >= 11 is 0. The number of benzene rings is 4. The second kappa shape index (κ2) is 15.0. The maximum absolute atomic E-state index is 14.9. The highest BCUT2D eigenvalue weighted by atomic mass is 28.4. The van der Waals surface area contributed by atoms with Crippen molar-refractivity contribution in [3.05, 3.63) is 117 Å². The Balaban J connectivity index is 1.45. The van der Waals surface area contributed by atoms with Crippen molar-refractivity contribution in [2.45, 2.75) is 90.5 Å². The van der Waals surface area contributed by atoms with Gasteiger partial charge in [0.25, 0.3) is 8.32 Å². The van der Waals surface area contributed by atoms with E-state index >= 15 is 0 Å². The molecule has 0 aliphatic carbocycles. The van der Waals surface area contributed by atoms with Gasteiger partial charge in [0.05, 0.1) is 52.7 Å². The van der Waals surface area contributed by atoms with E-state index in [2.05, 4.69) is 63.5 Å². The smallest absolute Gasteiger partial charge is 0.250 e. The van der Waals surface area contributed by atoms with Crippen LogP contribution in [0, 0.1) is 13.8 Å². The van der Waals surface area contributed by atoms with E-state index in [-0.39, 0.29) is 17.6 Å². The van der Waals surface area contributed by atoms with Gasteiger partial charge >= 0.3 is 0 Å². The Kier molecular flexibility index (Phi) is 10.5. The summed E-state index contributed by atoms with van der Waals surface area (Å²) in [6.07, 6.45) is 2.62. The van der Waals surface area contributed by atoms with Crippen LogP contribution in [0.4, 0.5) is 0 Å². The molecule has 290 valence electrons. The number of carbonyl (C=O) groups excluding carboxylic acids is 1. The Bertz CT molecular complexity index is 2110. The van der Waals surface area contributed by atoms with Crippen molar-refractivity contribution in [3.63, 3.8) is 0 Å². The molecule has 2 bridgehead atoms. The first-order valence-corrected chi connectivity index (χ1v) is 22.0. The van der Waals surface area contributed by atoms with E-state index in [1.165, 1.54) is 0 Å². The SMILES string of the molecule is COc1c(C)cc2c(c1OCc1ccccc1)[C@H]1N[C@H](C2)C(=O)N2C1=Cc1c(O[Si](C)(C)C(C)(C)C)c(C)c(OC)c(OC)c1[C@H]2COCc1ccccc1. The number of fused-ring (bicyclic) bond motifs is 7. The van der Waals surface area contributed by atoms with Crippen molar-refractivity contribution in [1.82, 2.24) is 10.2 Å². The largest absolute Gasteiger partial charge is 0.543 e. The Morgan fingerprint density at radius 1 is 0.800 bits per heavy atom. The van der Waals surface area contributed by atoms with E-state index in [4.69, 9.17) is 28.1 Å². The Morgan fingerprint density at radius 2 is 1.42 bits per heavy atom. The molecule has 4 aromatic rings. The number of amides is 1. The van der Waals surface area contributed by atoms with Gasteiger partial charge < -0.3 is 33.0 Å². The lowest BCUT2D eigenvalue weighted by molar-refractivity contribution is -0.138. The van der Waals surface area contributed by atoms with Crippen LogP contribution in [0.5, 0.6) is 28.7 Å². The molecule has 7 rings (SSSR count). The third-order valence-electron chi connectivity index (χ3n) is 11.7. The minimum Gasteiger partial charge on any atom is -0.543 e. The number of ether oxygens (including phenoxy) is 5. The van der Waals surface area contributed by atoms with Crippen molar-refractivity contribution in [2.24, 2.45) is 0 Å². The number of nitrogens with zero attached hydrogens (tertiary/aromatic N) is 1. The van der Waals surface area contributed by atoms with Gasteiger partial charge in [0.1, 0.15) is 12.4 Å². The Hall–Kier alpha value is -4.77. The minimum atomic E-state index is -2.39. The summed E-state index contributed by atoms with van der Waals surface area (Å²) in [4.78, 5) is 16.9. The average Bonchev–Trinajstić information content (AvgIpc) is 3.16. The zero-order valence-corrected chi connectivity index (χ0v) is 34.8. The van der Waals surface area contributed by atoms with Gasteiger partial charge in [-0.2, -0.15) is 0 Å². The first-order valence-electron chi connectivity index (χ1n) is 19.1. The first kappa shape index (κ1) is 38.5. The summed E-state index contributed by atoms with van der Waals surface area (Å²) in [5.41, 5.74) is 8.40. The Labute approximate surface area is 326 Å². The van der Waals surface area contributed by atoms with Gasteiger partial charge in [-0.05, 0) is 66.7 Å². The third-order valence-corrected chi connectivity index (χ3v) is 16.1. The predicted molar refractivity (Wildman–Crippen MR) is 218 cm³/mol. The lowest BCUT2D eigenvalue weighted by Gasteiger charge is -2.50. The van der Waals surface area contributed by atoms with Gasteiger partial charge in [-0.15, -0.1) is 0 Å². The standard InChI is InChI=1S/C45H54N2O7Si/c1-27-21-31-22-33-44(48)47-34(38(46-33)36(31)43(39(27)49-6)53-25-30-19-15-12-16-20-30)23-32-37(35(47)26-52-24-29-17-13-11-14-18-29)42(51-8)41(50-7)28(2)40(32)54-55(9,10)45(3,4)5/h11-21,23,33,35,38,46H,22,24-26H2,1-10H3/t33-,35-,38+/m1/s1. The van der Waals surface area contributed by atoms with Gasteiger partial charge in [0.15, 0.2) is 23.0 Å². The van der Waals surface area contributed by atoms with Crippen LogP contribution in [0.1, 0.15) is 77.4 Å². The predicted octanol–water partition coefficient (Wildman–Crippen LogP) is 9.00. The molecule has 1 N–H and O–H groups in total. The third kappa shape index (κ3) is 6.89. The fourth-order valence-corrected chi connectivity index (χ4v) is 9.02. The van der Waals surface area contributed by atoms with Crippen LogP contribution in [0.25, 0.3) is 6.08 Å². The molecule has 1 amide bonds. The topological polar surface area (TPSA) is 87.7 Å². The number of rotatable bonds is 12. The molecule has 3 atom stereocenters. The van der Waals surface area contributed by atoms with Crippen molar-refractivity contribution >= 4 is 20.3 Å². The number of piperazine rings is 1. The van der Waals surface area contributed by atoms with Gasteiger partial charge in [-0.25, -0.2) is 0 Å². The molecule has 9 nitrogen and oxygen atoms in total. The lowest BCUT2D eigenvalue weighted by atomic mass is 9.79. The Morgan fingerprint density at radius 3 is 2.02 bits per heavy atom. The van der Waals surface area contributed by atoms with Gasteiger partial charge in [0.2, 0.25) is 5.91 Å². The number of hydrogen-bond donors (Lipinski definition) is 1. The van der Waals surface area contributed by atoms with Crippen LogP contribution >= 0.6 is 0 Å². The fraction of sp³-hybridized carbons (Fsp3) is 0.400. The molecular weight excluding hydrogens is 709 g/mol. The molecule has 0 unspecified atom stereocenters. The molecule has 0 radical (unpaired) electrons. The zero-order chi connectivity index (χ0) is 39.2. The van der Waals surface area contributed by atoms with Crippen molar-refractivity contribution in [3.8, 4) is 28.7 Å². The highest BCUT2D eigenvalue weighted by Gasteiger charge is 2.51. The number of aryl methyl sites for hydroxylation is 1. The van der Waals surface area contributed by atoms with Crippen LogP contribution in [-0.2, 0) is 29.2 Å². The monoisotopic (exact) mass is 762 g/mol. The zero-order valence-electron chi connectivity index (χ0n) is 33.8. The second-order valence-corrected chi connectivity index (χ2v) is 21.0. The summed E-state index contributed by atoms with van der Waals surface area (Å²) in [5, 5.41) is 3.65. The summed E-state index contributed by atoms with van der Waals surface area (Å²) < 4.78 is 38.9. The van der Waals surface area contributed by atoms with E-state index in [1.54, 1.807) is 21.3 Å². The summed E-state index contributed by atoms with van der Waals surface area (Å²) in [6, 6.07) is 20.9. The fourth-order valence-electron chi connectivity index (χ4n) is 7.94. The van der Waals surface area contributed by atoms with E-state index in [1.807, 2.05) is 67.3 Å². The van der Waals surface area contributed by atoms with E-state index in [9.17, 15) is 4.79 Å². The molecular formula is C45H54N2O7Si. The van der Waals surface area contributed by atoms with Gasteiger partial charge in [-0.3, -0.25) is 10.1 Å². The molecule has 4 aromatic carbocycles. The van der Waals surface area contributed by atoms with Crippen molar-refractivity contribution in [1.29, 1.82) is 0 Å². The molecule has 0 spiro atoms. The highest BCUT2D eigenvalue weighted by Crippen LogP contribution is 2.57. The van der Waals surface area contributed by atoms with E-state index in [0.29, 0.717) is 42.6 Å². The van der Waals surface area contributed by atoms with Crippen molar-refractivity contribution < 1.29 is 32.9 Å². The maximum atomic E-state index is 14.9. The second-order valence-electron chi connectivity index (χ2n) is 16.3. The number of hydrogen-bond acceptors (Lipinski definition) is 8. The quantitative estimate of drug-likeness (QED) is 0.143. The molecule has 0 saturated carbocycles. The molecule has 1 saturated heterocycles. The highest BCUT2D eigenvalue weighted by molar-refractivity contribution is 6.74. The number of methoxy groups -OCH3 is 3. The van der Waals surface area contributed by atoms with Gasteiger partial charge in [0, 0.05) is 28.0 Å². The summed E-state index contributed by atoms with van der Waals surface area (Å²) in [7, 11) is 2.60. The molecule has 55 heavy (non-hydrogen) atoms. The van der Waals surface area contributed by atoms with Crippen molar-refractivity contribution in [2.75, 3.05) is 27.9 Å². The van der Waals surface area contributed by atoms with Crippen LogP contribution < -0.4 is 28.7 Å². The number of carbonyl (C=O) groups is 1. The summed E-state index contributed by atoms with van der Waals surface area (Å²) in [6.45, 7) is 16.2. The molecule has 3 heterocycles. The minimum absolute atomic E-state index is 0.0270. The molecule has 1 fully saturated rings. The first-order chi connectivity index (χ1) is 26.3. The normalized spacial score (nSPS) is 18.8. The van der Waals surface area contributed by atoms with Crippen LogP contribution in [-0.4, -0.2) is 53.1 Å². The lowest BCUT2D eigenvalue weighted by Crippen LogP contribution is -2.60. The molecule has 3 aliphatic heterocycles. The van der Waals surface area contributed by atoms with Gasteiger partial charge in [-0.1, -0.05) is 87.5 Å². The summed E-state index contributed by atoms with van der Waals surface area (Å²) in [5.74, 6) is 3.23. The maximum Gasteiger partial charge on any atom is 0.250 e. The van der Waals surface area contributed by atoms with E-state index < -0.39 is 26.4 Å². The molecule has 0 aromatic heterocycles. The van der Waals surface area contributed by atoms with E-state index in [0.717, 1.165) is 56.0 Å². The average molecular weight is 763 g/mol. The molecule has 3 aliphatic rings. The molecule has 10 heteroatoms. The van der Waals surface area contributed by atoms with Crippen LogP contribution in [0.3, 0.4) is 0 Å². The van der Waals surface area contributed by atoms with Crippen LogP contribution in [0.15, 0.2) is 72.4 Å².